The Morgan fingerprint density at radius 2 is 0.771 bits per heavy atom. The zero-order valence-electron chi connectivity index (χ0n) is 46.8. The zero-order valence-corrected chi connectivity index (χ0v) is 47.7. The van der Waals surface area contributed by atoms with Crippen molar-refractivity contribution in [2.24, 2.45) is 0 Å². The van der Waals surface area contributed by atoms with Gasteiger partial charge in [-0.3, -0.25) is 18.6 Å². The number of phosphoric ester groups is 1. The lowest BCUT2D eigenvalue weighted by Gasteiger charge is -2.24. The van der Waals surface area contributed by atoms with Crippen molar-refractivity contribution in [2.75, 3.05) is 47.5 Å². The fourth-order valence-corrected chi connectivity index (χ4v) is 9.30. The van der Waals surface area contributed by atoms with E-state index in [0.717, 1.165) is 70.6 Å². The smallest absolute Gasteiger partial charge is 0.462 e. The summed E-state index contributed by atoms with van der Waals surface area (Å²) in [5.41, 5.74) is 0. The highest BCUT2D eigenvalue weighted by molar-refractivity contribution is 7.47. The molecule has 0 aliphatic carbocycles. The summed E-state index contributed by atoms with van der Waals surface area (Å²) in [7, 11) is 1.48. The van der Waals surface area contributed by atoms with Crippen LogP contribution in [0.15, 0.2) is 36.5 Å². The third-order valence-electron chi connectivity index (χ3n) is 13.2. The van der Waals surface area contributed by atoms with Gasteiger partial charge in [-0.15, -0.1) is 0 Å². The van der Waals surface area contributed by atoms with E-state index < -0.39 is 26.5 Å². The summed E-state index contributed by atoms with van der Waals surface area (Å²) in [6.07, 6.45) is 63.6. The lowest BCUT2D eigenvalue weighted by molar-refractivity contribution is -0.870. The Balaban J connectivity index is 4.14. The van der Waals surface area contributed by atoms with Gasteiger partial charge in [-0.1, -0.05) is 256 Å². The second-order valence-corrected chi connectivity index (χ2v) is 22.8. The topological polar surface area (TPSA) is 108 Å². The summed E-state index contributed by atoms with van der Waals surface area (Å²) in [4.78, 5) is 35.7. The number of phosphoric acid groups is 1. The molecule has 2 atom stereocenters. The number of hydrogen-bond donors (Lipinski definition) is 1. The fraction of sp³-hybridized carbons (Fsp3) is 0.867. The molecule has 0 bridgehead atoms. The van der Waals surface area contributed by atoms with Crippen LogP contribution in [-0.4, -0.2) is 74.9 Å². The first-order valence-electron chi connectivity index (χ1n) is 29.7. The second kappa shape index (κ2) is 52.1. The Morgan fingerprint density at radius 3 is 1.14 bits per heavy atom. The number of allylic oxidation sites excluding steroid dienone is 6. The Kier molecular flexibility index (Phi) is 50.8. The molecular weight excluding hydrogens is 894 g/mol. The van der Waals surface area contributed by atoms with Gasteiger partial charge in [0.05, 0.1) is 27.7 Å². The highest BCUT2D eigenvalue weighted by Gasteiger charge is 2.27. The first-order chi connectivity index (χ1) is 34.0. The van der Waals surface area contributed by atoms with Crippen LogP contribution in [0.2, 0.25) is 0 Å². The monoisotopic (exact) mass is 1010 g/mol. The lowest BCUT2D eigenvalue weighted by atomic mass is 10.0. The molecule has 9 nitrogen and oxygen atoms in total. The van der Waals surface area contributed by atoms with Gasteiger partial charge in [0, 0.05) is 12.8 Å². The quantitative estimate of drug-likeness (QED) is 0.0211. The van der Waals surface area contributed by atoms with Crippen LogP contribution in [0.1, 0.15) is 284 Å². The van der Waals surface area contributed by atoms with Gasteiger partial charge in [-0.25, -0.2) is 4.57 Å². The highest BCUT2D eigenvalue weighted by atomic mass is 31.2. The van der Waals surface area contributed by atoms with Crippen molar-refractivity contribution in [1.29, 1.82) is 0 Å². The van der Waals surface area contributed by atoms with E-state index in [4.69, 9.17) is 18.5 Å². The Morgan fingerprint density at radius 1 is 0.443 bits per heavy atom. The predicted molar refractivity (Wildman–Crippen MR) is 298 cm³/mol. The summed E-state index contributed by atoms with van der Waals surface area (Å²) in [5, 5.41) is 0. The maximum atomic E-state index is 12.8. The van der Waals surface area contributed by atoms with E-state index in [1.807, 2.05) is 21.1 Å². The molecule has 0 saturated heterocycles. The Bertz CT molecular complexity index is 1280. The van der Waals surface area contributed by atoms with Gasteiger partial charge in [0.15, 0.2) is 6.10 Å². The summed E-state index contributed by atoms with van der Waals surface area (Å²) in [6.45, 7) is 4.45. The Hall–Kier alpha value is -1.77. The van der Waals surface area contributed by atoms with Crippen molar-refractivity contribution in [3.05, 3.63) is 36.5 Å². The van der Waals surface area contributed by atoms with Crippen LogP contribution in [-0.2, 0) is 32.7 Å². The molecule has 0 fully saturated rings. The van der Waals surface area contributed by atoms with Crippen molar-refractivity contribution in [1.82, 2.24) is 0 Å². The molecule has 0 rings (SSSR count). The van der Waals surface area contributed by atoms with E-state index in [9.17, 15) is 19.0 Å². The number of rotatable bonds is 55. The molecule has 0 aromatic heterocycles. The minimum atomic E-state index is -4.39. The summed E-state index contributed by atoms with van der Waals surface area (Å²) >= 11 is 0. The van der Waals surface area contributed by atoms with Crippen molar-refractivity contribution < 1.29 is 42.1 Å². The molecule has 0 spiro atoms. The molecule has 0 radical (unpaired) electrons. The van der Waals surface area contributed by atoms with E-state index in [1.165, 1.54) is 180 Å². The number of nitrogens with zero attached hydrogens (tertiary/aromatic N) is 1. The molecule has 0 aliphatic rings. The van der Waals surface area contributed by atoms with Crippen molar-refractivity contribution in [2.45, 2.75) is 290 Å². The van der Waals surface area contributed by atoms with Gasteiger partial charge in [0.2, 0.25) is 0 Å². The van der Waals surface area contributed by atoms with Gasteiger partial charge < -0.3 is 18.9 Å². The van der Waals surface area contributed by atoms with Gasteiger partial charge in [-0.2, -0.15) is 0 Å². The molecule has 0 aromatic rings. The first kappa shape index (κ1) is 68.2. The number of carbonyl (C=O) groups is 2. The van der Waals surface area contributed by atoms with E-state index >= 15 is 0 Å². The average Bonchev–Trinajstić information content (AvgIpc) is 3.32. The maximum Gasteiger partial charge on any atom is 0.472 e. The van der Waals surface area contributed by atoms with Crippen LogP contribution in [0.25, 0.3) is 0 Å². The number of likely N-dealkylation sites (N-methyl/N-ethyl adjacent to an activating group) is 1. The van der Waals surface area contributed by atoms with Crippen LogP contribution in [0.4, 0.5) is 0 Å². The van der Waals surface area contributed by atoms with Crippen LogP contribution < -0.4 is 0 Å². The van der Waals surface area contributed by atoms with Crippen LogP contribution >= 0.6 is 7.82 Å². The number of unbranched alkanes of at least 4 members (excludes halogenated alkanes) is 35. The predicted octanol–water partition coefficient (Wildman–Crippen LogP) is 18.4. The van der Waals surface area contributed by atoms with Gasteiger partial charge in [0.1, 0.15) is 19.8 Å². The molecule has 2 unspecified atom stereocenters. The third-order valence-corrected chi connectivity index (χ3v) is 14.2. The van der Waals surface area contributed by atoms with Gasteiger partial charge in [0.25, 0.3) is 0 Å². The molecule has 0 heterocycles. The number of hydrogen-bond acceptors (Lipinski definition) is 7. The highest BCUT2D eigenvalue weighted by Crippen LogP contribution is 2.43. The summed E-state index contributed by atoms with van der Waals surface area (Å²) < 4.78 is 34.6. The lowest BCUT2D eigenvalue weighted by Crippen LogP contribution is -2.37. The van der Waals surface area contributed by atoms with Crippen LogP contribution in [0.3, 0.4) is 0 Å². The van der Waals surface area contributed by atoms with Crippen LogP contribution in [0.5, 0.6) is 0 Å². The largest absolute Gasteiger partial charge is 0.472 e. The van der Waals surface area contributed by atoms with Gasteiger partial charge in [-0.05, 0) is 51.4 Å². The number of quaternary nitrogens is 1. The first-order valence-corrected chi connectivity index (χ1v) is 31.2. The standard InChI is InChI=1S/C60H114NO8P/c1-6-8-10-12-14-16-18-20-22-24-26-28-29-30-31-33-34-36-38-40-42-44-46-48-50-52-59(62)66-56-58(57-68-70(64,65)67-55-54-61(3,4)5)69-60(63)53-51-49-47-45-43-41-39-37-35-32-27-25-23-21-19-17-15-13-11-9-7-2/h19,21,25,27,35,37,58H,6-18,20,22-24,26,28-34,36,38-57H2,1-5H3/p+1/b21-19-,27-25-,37-35-. The van der Waals surface area contributed by atoms with Gasteiger partial charge >= 0.3 is 19.8 Å². The van der Waals surface area contributed by atoms with Crippen molar-refractivity contribution in [3.63, 3.8) is 0 Å². The zero-order chi connectivity index (χ0) is 51.3. The second-order valence-electron chi connectivity index (χ2n) is 21.4. The summed E-state index contributed by atoms with van der Waals surface area (Å²) in [5.74, 6) is -0.799. The molecule has 0 aliphatic heterocycles. The van der Waals surface area contributed by atoms with Crippen LogP contribution in [0, 0.1) is 0 Å². The number of ether oxygens (including phenoxy) is 2. The minimum absolute atomic E-state index is 0.0300. The minimum Gasteiger partial charge on any atom is -0.462 e. The molecule has 10 heteroatoms. The third kappa shape index (κ3) is 55.5. The normalized spacial score (nSPS) is 13.5. The van der Waals surface area contributed by atoms with E-state index in [1.54, 1.807) is 0 Å². The fourth-order valence-electron chi connectivity index (χ4n) is 8.55. The Labute approximate surface area is 433 Å². The molecule has 1 N–H and O–H groups in total. The van der Waals surface area contributed by atoms with E-state index in [2.05, 4.69) is 50.3 Å². The van der Waals surface area contributed by atoms with E-state index in [0.29, 0.717) is 23.9 Å². The molecule has 0 amide bonds. The SMILES string of the molecule is CCCCCCC/C=C\C/C=C\C/C=C\CCCCCCCCC(=O)OC(COC(=O)CCCCCCCCCCCCCCCCCCCCCCCCCCC)COP(=O)(O)OCC[N+](C)(C)C. The molecule has 412 valence electrons. The molecule has 70 heavy (non-hydrogen) atoms. The number of esters is 2. The molecular formula is C60H115NO8P+. The summed E-state index contributed by atoms with van der Waals surface area (Å²) in [6, 6.07) is 0. The molecule has 0 saturated carbocycles. The average molecular weight is 1010 g/mol. The molecule has 0 aromatic carbocycles. The number of carbonyl (C=O) groups excluding carboxylic acids is 2. The van der Waals surface area contributed by atoms with Crippen molar-refractivity contribution >= 4 is 19.8 Å². The van der Waals surface area contributed by atoms with E-state index in [-0.39, 0.29) is 25.6 Å². The maximum absolute atomic E-state index is 12.8. The van der Waals surface area contributed by atoms with Crippen molar-refractivity contribution in [3.8, 4) is 0 Å².